The van der Waals surface area contributed by atoms with Crippen molar-refractivity contribution in [1.82, 2.24) is 0 Å². The number of sulfonamides is 1. The van der Waals surface area contributed by atoms with Gasteiger partial charge in [0.05, 0.1) is 6.42 Å². The summed E-state index contributed by atoms with van der Waals surface area (Å²) >= 11 is 1.17. The molecular formula is C21H20N2O3S2. The lowest BCUT2D eigenvalue weighted by Crippen LogP contribution is -2.15. The van der Waals surface area contributed by atoms with Crippen LogP contribution in [-0.2, 0) is 34.1 Å². The van der Waals surface area contributed by atoms with Crippen molar-refractivity contribution in [1.29, 1.82) is 0 Å². The molecule has 1 heterocycles. The highest BCUT2D eigenvalue weighted by molar-refractivity contribution is 7.94. The number of carbonyl (C=O) groups excluding carboxylic acids is 1. The van der Waals surface area contributed by atoms with Crippen LogP contribution in [0.4, 0.5) is 11.4 Å². The summed E-state index contributed by atoms with van der Waals surface area (Å²) in [5.41, 5.74) is 4.80. The molecule has 28 heavy (non-hydrogen) atoms. The van der Waals surface area contributed by atoms with Crippen LogP contribution in [0.3, 0.4) is 0 Å². The van der Waals surface area contributed by atoms with E-state index in [0.717, 1.165) is 24.1 Å². The molecule has 0 saturated carbocycles. The summed E-state index contributed by atoms with van der Waals surface area (Å²) in [7, 11) is -3.56. The first kappa shape index (κ1) is 18.7. The van der Waals surface area contributed by atoms with Gasteiger partial charge in [0.25, 0.3) is 10.0 Å². The first-order valence-corrected chi connectivity index (χ1v) is 11.4. The minimum atomic E-state index is -3.56. The molecule has 5 nitrogen and oxygen atoms in total. The molecule has 3 aromatic rings. The van der Waals surface area contributed by atoms with Gasteiger partial charge < -0.3 is 5.32 Å². The van der Waals surface area contributed by atoms with Crippen molar-refractivity contribution in [3.63, 3.8) is 0 Å². The van der Waals surface area contributed by atoms with Crippen molar-refractivity contribution in [2.45, 2.75) is 29.9 Å². The lowest BCUT2D eigenvalue weighted by atomic mass is 10.1. The van der Waals surface area contributed by atoms with Gasteiger partial charge in [-0.25, -0.2) is 8.42 Å². The quantitative estimate of drug-likeness (QED) is 0.637. The van der Waals surface area contributed by atoms with Crippen molar-refractivity contribution in [2.24, 2.45) is 0 Å². The number of carbonyl (C=O) groups is 1. The van der Waals surface area contributed by atoms with Gasteiger partial charge in [-0.1, -0.05) is 24.3 Å². The van der Waals surface area contributed by atoms with Gasteiger partial charge in [0, 0.05) is 11.4 Å². The van der Waals surface area contributed by atoms with Crippen LogP contribution in [0.2, 0.25) is 0 Å². The number of aryl methyl sites for hydroxylation is 2. The molecule has 0 saturated heterocycles. The molecule has 4 rings (SSSR count). The number of rotatable bonds is 6. The van der Waals surface area contributed by atoms with Gasteiger partial charge in [0.1, 0.15) is 4.21 Å². The first-order chi connectivity index (χ1) is 13.5. The van der Waals surface area contributed by atoms with Crippen molar-refractivity contribution in [2.75, 3.05) is 10.0 Å². The van der Waals surface area contributed by atoms with Gasteiger partial charge >= 0.3 is 0 Å². The fraction of sp³-hybridized carbons (Fsp3) is 0.190. The van der Waals surface area contributed by atoms with Gasteiger partial charge in [-0.15, -0.1) is 11.3 Å². The van der Waals surface area contributed by atoms with Crippen molar-refractivity contribution >= 4 is 38.6 Å². The van der Waals surface area contributed by atoms with Gasteiger partial charge in [-0.05, 0) is 71.7 Å². The van der Waals surface area contributed by atoms with E-state index in [4.69, 9.17) is 0 Å². The maximum absolute atomic E-state index is 12.3. The Morgan fingerprint density at radius 3 is 2.46 bits per heavy atom. The van der Waals surface area contributed by atoms with Crippen LogP contribution in [0.5, 0.6) is 0 Å². The Morgan fingerprint density at radius 1 is 0.964 bits per heavy atom. The van der Waals surface area contributed by atoms with Gasteiger partial charge in [-0.3, -0.25) is 9.52 Å². The summed E-state index contributed by atoms with van der Waals surface area (Å²) in [6, 6.07) is 16.2. The Morgan fingerprint density at radius 2 is 1.71 bits per heavy atom. The second-order valence-electron chi connectivity index (χ2n) is 6.80. The van der Waals surface area contributed by atoms with Crippen molar-refractivity contribution in [3.05, 3.63) is 76.7 Å². The number of anilines is 2. The zero-order valence-corrected chi connectivity index (χ0v) is 16.8. The second-order valence-corrected chi connectivity index (χ2v) is 9.65. The molecule has 0 unspecified atom stereocenters. The summed E-state index contributed by atoms with van der Waals surface area (Å²) in [6.07, 6.45) is 3.60. The van der Waals surface area contributed by atoms with Crippen LogP contribution in [0.1, 0.15) is 23.1 Å². The van der Waals surface area contributed by atoms with E-state index >= 15 is 0 Å². The summed E-state index contributed by atoms with van der Waals surface area (Å²) in [6.45, 7) is 0. The minimum Gasteiger partial charge on any atom is -0.326 e. The first-order valence-electron chi connectivity index (χ1n) is 9.06. The highest BCUT2D eigenvalue weighted by Crippen LogP contribution is 2.25. The maximum Gasteiger partial charge on any atom is 0.271 e. The van der Waals surface area contributed by atoms with Gasteiger partial charge in [0.15, 0.2) is 0 Å². The van der Waals surface area contributed by atoms with Crippen LogP contribution >= 0.6 is 11.3 Å². The molecule has 2 N–H and O–H groups in total. The average molecular weight is 413 g/mol. The summed E-state index contributed by atoms with van der Waals surface area (Å²) in [5, 5.41) is 4.66. The topological polar surface area (TPSA) is 75.3 Å². The molecule has 1 aliphatic rings. The van der Waals surface area contributed by atoms with Crippen molar-refractivity contribution < 1.29 is 13.2 Å². The molecule has 0 atom stereocenters. The number of hydrogen-bond acceptors (Lipinski definition) is 4. The number of thiophene rings is 1. The van der Waals surface area contributed by atoms with Crippen LogP contribution in [0.25, 0.3) is 0 Å². The average Bonchev–Trinajstić information content (AvgIpc) is 3.34. The fourth-order valence-electron chi connectivity index (χ4n) is 3.35. The second kappa shape index (κ2) is 7.77. The molecule has 0 bridgehead atoms. The maximum atomic E-state index is 12.3. The zero-order valence-electron chi connectivity index (χ0n) is 15.1. The number of amides is 1. The molecule has 0 spiro atoms. The van der Waals surface area contributed by atoms with Gasteiger partial charge in [-0.2, -0.15) is 0 Å². The zero-order chi connectivity index (χ0) is 19.6. The Hall–Kier alpha value is -2.64. The standard InChI is InChI=1S/C21H20N2O3S2/c24-20(22-19-11-8-16-3-1-4-17(16)14-19)13-15-6-9-18(10-7-15)23-28(25,26)21-5-2-12-27-21/h2,5-12,14,23H,1,3-4,13H2,(H,22,24). The van der Waals surface area contributed by atoms with E-state index in [1.165, 1.54) is 28.9 Å². The molecule has 1 aliphatic carbocycles. The Balaban J connectivity index is 1.37. The van der Waals surface area contributed by atoms with Crippen LogP contribution < -0.4 is 10.0 Å². The van der Waals surface area contributed by atoms with Crippen LogP contribution in [0.15, 0.2) is 64.2 Å². The Bertz CT molecular complexity index is 1090. The normalized spacial score (nSPS) is 13.1. The molecule has 1 amide bonds. The molecule has 144 valence electrons. The van der Waals surface area contributed by atoms with E-state index in [0.29, 0.717) is 5.69 Å². The van der Waals surface area contributed by atoms with Gasteiger partial charge in [0.2, 0.25) is 5.91 Å². The highest BCUT2D eigenvalue weighted by Gasteiger charge is 2.15. The van der Waals surface area contributed by atoms with Crippen molar-refractivity contribution in [3.8, 4) is 0 Å². The third-order valence-corrected chi connectivity index (χ3v) is 7.49. The lowest BCUT2D eigenvalue weighted by Gasteiger charge is -2.09. The number of hydrogen-bond donors (Lipinski definition) is 2. The van der Waals surface area contributed by atoms with Crippen LogP contribution in [-0.4, -0.2) is 14.3 Å². The summed E-state index contributed by atoms with van der Waals surface area (Å²) in [4.78, 5) is 12.3. The Labute approximate surface area is 168 Å². The van der Waals surface area contributed by atoms with E-state index < -0.39 is 10.0 Å². The third-order valence-electron chi connectivity index (χ3n) is 4.71. The lowest BCUT2D eigenvalue weighted by molar-refractivity contribution is -0.115. The number of benzene rings is 2. The van der Waals surface area contributed by atoms with E-state index in [1.807, 2.05) is 6.07 Å². The number of nitrogens with one attached hydrogen (secondary N) is 2. The summed E-state index contributed by atoms with van der Waals surface area (Å²) < 4.78 is 27.3. The molecule has 7 heteroatoms. The molecule has 0 aliphatic heterocycles. The minimum absolute atomic E-state index is 0.0927. The smallest absolute Gasteiger partial charge is 0.271 e. The molecule has 1 aromatic heterocycles. The predicted molar refractivity (Wildman–Crippen MR) is 112 cm³/mol. The van der Waals surface area contributed by atoms with E-state index in [1.54, 1.807) is 41.8 Å². The summed E-state index contributed by atoms with van der Waals surface area (Å²) in [5.74, 6) is -0.0927. The largest absolute Gasteiger partial charge is 0.326 e. The monoisotopic (exact) mass is 412 g/mol. The third kappa shape index (κ3) is 4.26. The fourth-order valence-corrected chi connectivity index (χ4v) is 5.40. The van der Waals surface area contributed by atoms with Crippen LogP contribution in [0, 0.1) is 0 Å². The SMILES string of the molecule is O=C(Cc1ccc(NS(=O)(=O)c2cccs2)cc1)Nc1ccc2c(c1)CCC2. The molecule has 2 aromatic carbocycles. The van der Waals surface area contributed by atoms with E-state index in [9.17, 15) is 13.2 Å². The highest BCUT2D eigenvalue weighted by atomic mass is 32.2. The van der Waals surface area contributed by atoms with E-state index in [2.05, 4.69) is 22.2 Å². The number of fused-ring (bicyclic) bond motifs is 1. The molecule has 0 fully saturated rings. The molecule has 0 radical (unpaired) electrons. The van der Waals surface area contributed by atoms with E-state index in [-0.39, 0.29) is 16.5 Å². The predicted octanol–water partition coefficient (Wildman–Crippen LogP) is 4.22. The Kier molecular flexibility index (Phi) is 5.19. The molecular weight excluding hydrogens is 392 g/mol.